The number of aromatic nitrogens is 1. The molecule has 1 aromatic heterocycles. The first-order valence-corrected chi connectivity index (χ1v) is 9.11. The fourth-order valence-corrected chi connectivity index (χ4v) is 3.05. The highest BCUT2D eigenvalue weighted by molar-refractivity contribution is 6.32. The van der Waals surface area contributed by atoms with E-state index in [2.05, 4.69) is 10.5 Å². The van der Waals surface area contributed by atoms with Crippen molar-refractivity contribution in [2.24, 2.45) is 0 Å². The summed E-state index contributed by atoms with van der Waals surface area (Å²) < 4.78 is 15.7. The molecule has 0 spiro atoms. The Labute approximate surface area is 172 Å². The lowest BCUT2D eigenvalue weighted by molar-refractivity contribution is -0.125. The van der Waals surface area contributed by atoms with Gasteiger partial charge in [-0.25, -0.2) is 4.79 Å². The highest BCUT2D eigenvalue weighted by Gasteiger charge is 2.28. The first-order chi connectivity index (χ1) is 13.9. The fraction of sp³-hybridized carbons (Fsp3) is 0.190. The predicted octanol–water partition coefficient (Wildman–Crippen LogP) is 4.49. The minimum absolute atomic E-state index is 0.200. The number of aryl methyl sites for hydroxylation is 2. The van der Waals surface area contributed by atoms with Gasteiger partial charge in [0.05, 0.1) is 17.8 Å². The van der Waals surface area contributed by atoms with Crippen molar-refractivity contribution in [1.29, 1.82) is 0 Å². The van der Waals surface area contributed by atoms with Crippen LogP contribution < -0.4 is 10.1 Å². The SMILES string of the molecule is COc1ccc(NC(=O)[C@H](OC(=O)c2c(C)noc2C)c2ccccc2)cc1Cl. The van der Waals surface area contributed by atoms with Crippen LogP contribution in [0.1, 0.15) is 33.5 Å². The van der Waals surface area contributed by atoms with Gasteiger partial charge < -0.3 is 19.3 Å². The van der Waals surface area contributed by atoms with Crippen LogP contribution in [0.25, 0.3) is 0 Å². The number of carbonyl (C=O) groups is 2. The first-order valence-electron chi connectivity index (χ1n) is 8.74. The number of amides is 1. The van der Waals surface area contributed by atoms with Gasteiger partial charge in [-0.15, -0.1) is 0 Å². The molecule has 29 heavy (non-hydrogen) atoms. The highest BCUT2D eigenvalue weighted by atomic mass is 35.5. The van der Waals surface area contributed by atoms with Crippen molar-refractivity contribution in [2.45, 2.75) is 20.0 Å². The summed E-state index contributed by atoms with van der Waals surface area (Å²) in [6.07, 6.45) is -1.18. The van der Waals surface area contributed by atoms with E-state index in [1.807, 2.05) is 0 Å². The van der Waals surface area contributed by atoms with Crippen molar-refractivity contribution < 1.29 is 23.6 Å². The molecule has 1 heterocycles. The molecule has 2 aromatic carbocycles. The fourth-order valence-electron chi connectivity index (χ4n) is 2.79. The molecule has 150 valence electrons. The number of hydrogen-bond donors (Lipinski definition) is 1. The Kier molecular flexibility index (Phi) is 6.19. The van der Waals surface area contributed by atoms with Gasteiger partial charge in [-0.2, -0.15) is 0 Å². The third-order valence-corrected chi connectivity index (χ3v) is 4.52. The van der Waals surface area contributed by atoms with Crippen LogP contribution in [0.2, 0.25) is 5.02 Å². The second kappa shape index (κ2) is 8.79. The average molecular weight is 415 g/mol. The number of benzene rings is 2. The van der Waals surface area contributed by atoms with Crippen LogP contribution in [-0.2, 0) is 9.53 Å². The molecule has 0 bridgehead atoms. The minimum atomic E-state index is -1.18. The zero-order valence-electron chi connectivity index (χ0n) is 16.1. The van der Waals surface area contributed by atoms with Gasteiger partial charge in [0.15, 0.2) is 0 Å². The van der Waals surface area contributed by atoms with E-state index in [4.69, 9.17) is 25.6 Å². The van der Waals surface area contributed by atoms with Crippen LogP contribution in [0.5, 0.6) is 5.75 Å². The maximum absolute atomic E-state index is 13.0. The van der Waals surface area contributed by atoms with E-state index < -0.39 is 18.0 Å². The monoisotopic (exact) mass is 414 g/mol. The Morgan fingerprint density at radius 2 is 1.86 bits per heavy atom. The molecular formula is C21H19ClN2O5. The van der Waals surface area contributed by atoms with Crippen LogP contribution in [0.3, 0.4) is 0 Å². The van der Waals surface area contributed by atoms with Gasteiger partial charge in [0.2, 0.25) is 6.10 Å². The molecular weight excluding hydrogens is 396 g/mol. The number of carbonyl (C=O) groups excluding carboxylic acids is 2. The average Bonchev–Trinajstić information content (AvgIpc) is 3.05. The number of nitrogens with zero attached hydrogens (tertiary/aromatic N) is 1. The summed E-state index contributed by atoms with van der Waals surface area (Å²) in [5.41, 5.74) is 1.55. The number of hydrogen-bond acceptors (Lipinski definition) is 6. The van der Waals surface area contributed by atoms with Gasteiger partial charge in [0, 0.05) is 11.3 Å². The van der Waals surface area contributed by atoms with Crippen LogP contribution in [0, 0.1) is 13.8 Å². The van der Waals surface area contributed by atoms with E-state index in [0.29, 0.717) is 33.5 Å². The number of halogens is 1. The maximum Gasteiger partial charge on any atom is 0.344 e. The lowest BCUT2D eigenvalue weighted by Crippen LogP contribution is -2.26. The lowest BCUT2D eigenvalue weighted by atomic mass is 10.1. The molecule has 0 radical (unpaired) electrons. The van der Waals surface area contributed by atoms with E-state index in [9.17, 15) is 9.59 Å². The van der Waals surface area contributed by atoms with Gasteiger partial charge >= 0.3 is 5.97 Å². The number of esters is 1. The predicted molar refractivity (Wildman–Crippen MR) is 107 cm³/mol. The standard InChI is InChI=1S/C21H19ClN2O5/c1-12-18(13(2)29-24-12)21(26)28-19(14-7-5-4-6-8-14)20(25)23-15-9-10-17(27-3)16(22)11-15/h4-11,19H,1-3H3,(H,23,25)/t19-/m1/s1. The molecule has 0 aliphatic carbocycles. The van der Waals surface area contributed by atoms with E-state index in [-0.39, 0.29) is 5.56 Å². The highest BCUT2D eigenvalue weighted by Crippen LogP contribution is 2.29. The largest absolute Gasteiger partial charge is 0.495 e. The molecule has 3 aromatic rings. The van der Waals surface area contributed by atoms with Gasteiger partial charge in [0.1, 0.15) is 17.1 Å². The third kappa shape index (κ3) is 4.57. The zero-order valence-corrected chi connectivity index (χ0v) is 16.8. The Hall–Kier alpha value is -3.32. The second-order valence-electron chi connectivity index (χ2n) is 6.23. The molecule has 1 atom stereocenters. The van der Waals surface area contributed by atoms with Crippen LogP contribution >= 0.6 is 11.6 Å². The van der Waals surface area contributed by atoms with Gasteiger partial charge in [-0.05, 0) is 32.0 Å². The summed E-state index contributed by atoms with van der Waals surface area (Å²) in [6, 6.07) is 13.5. The van der Waals surface area contributed by atoms with E-state index in [0.717, 1.165) is 0 Å². The first kappa shape index (κ1) is 20.4. The summed E-state index contributed by atoms with van der Waals surface area (Å²) in [4.78, 5) is 25.6. The van der Waals surface area contributed by atoms with E-state index in [1.165, 1.54) is 7.11 Å². The molecule has 0 saturated carbocycles. The zero-order chi connectivity index (χ0) is 21.0. The quantitative estimate of drug-likeness (QED) is 0.597. The van der Waals surface area contributed by atoms with Crippen molar-refractivity contribution in [2.75, 3.05) is 12.4 Å². The maximum atomic E-state index is 13.0. The molecule has 0 fully saturated rings. The summed E-state index contributed by atoms with van der Waals surface area (Å²) in [6.45, 7) is 3.23. The molecule has 7 nitrogen and oxygen atoms in total. The topological polar surface area (TPSA) is 90.7 Å². The van der Waals surface area contributed by atoms with Crippen LogP contribution in [0.4, 0.5) is 5.69 Å². The number of rotatable bonds is 6. The van der Waals surface area contributed by atoms with Crippen molar-refractivity contribution in [3.63, 3.8) is 0 Å². The van der Waals surface area contributed by atoms with Gasteiger partial charge in [-0.1, -0.05) is 47.1 Å². The number of nitrogens with one attached hydrogen (secondary N) is 1. The molecule has 0 aliphatic heterocycles. The van der Waals surface area contributed by atoms with Crippen molar-refractivity contribution >= 4 is 29.2 Å². The lowest BCUT2D eigenvalue weighted by Gasteiger charge is -2.18. The van der Waals surface area contributed by atoms with Crippen molar-refractivity contribution in [3.8, 4) is 5.75 Å². The summed E-state index contributed by atoms with van der Waals surface area (Å²) >= 11 is 6.12. The molecule has 0 unspecified atom stereocenters. The van der Waals surface area contributed by atoms with Gasteiger partial charge in [-0.3, -0.25) is 4.79 Å². The van der Waals surface area contributed by atoms with Crippen LogP contribution in [-0.4, -0.2) is 24.1 Å². The third-order valence-electron chi connectivity index (χ3n) is 4.22. The Morgan fingerprint density at radius 1 is 1.14 bits per heavy atom. The molecule has 8 heteroatoms. The molecule has 1 amide bonds. The summed E-state index contributed by atoms with van der Waals surface area (Å²) in [5, 5.41) is 6.81. The van der Waals surface area contributed by atoms with Gasteiger partial charge in [0.25, 0.3) is 5.91 Å². The Balaban J connectivity index is 1.87. The summed E-state index contributed by atoms with van der Waals surface area (Å²) in [5.74, 6) is -0.425. The smallest absolute Gasteiger partial charge is 0.344 e. The minimum Gasteiger partial charge on any atom is -0.495 e. The number of ether oxygens (including phenoxy) is 2. The van der Waals surface area contributed by atoms with Crippen LogP contribution in [0.15, 0.2) is 53.1 Å². The molecule has 1 N–H and O–H groups in total. The van der Waals surface area contributed by atoms with Crippen molar-refractivity contribution in [3.05, 3.63) is 76.1 Å². The summed E-state index contributed by atoms with van der Waals surface area (Å²) in [7, 11) is 1.50. The van der Waals surface area contributed by atoms with E-state index >= 15 is 0 Å². The Morgan fingerprint density at radius 3 is 2.45 bits per heavy atom. The number of anilines is 1. The second-order valence-corrected chi connectivity index (χ2v) is 6.64. The van der Waals surface area contributed by atoms with Crippen molar-refractivity contribution in [1.82, 2.24) is 5.16 Å². The van der Waals surface area contributed by atoms with E-state index in [1.54, 1.807) is 62.4 Å². The normalized spacial score (nSPS) is 11.6. The molecule has 0 saturated heterocycles. The Bertz CT molecular complexity index is 1010. The number of methoxy groups -OCH3 is 1. The molecule has 0 aliphatic rings. The molecule has 3 rings (SSSR count).